The second-order valence-corrected chi connectivity index (χ2v) is 6.12. The fraction of sp³-hybridized carbons (Fsp3) is 0.667. The van der Waals surface area contributed by atoms with Crippen LogP contribution in [0.2, 0.25) is 0 Å². The molecule has 1 aromatic carbocycles. The number of hydrogen-bond donors (Lipinski definition) is 0. The molecule has 0 radical (unpaired) electrons. The van der Waals surface area contributed by atoms with E-state index in [-0.39, 0.29) is 0 Å². The molecular formula is C18H30. The van der Waals surface area contributed by atoms with Crippen LogP contribution < -0.4 is 0 Å². The van der Waals surface area contributed by atoms with Crippen molar-refractivity contribution in [1.29, 1.82) is 0 Å². The van der Waals surface area contributed by atoms with Gasteiger partial charge in [0.1, 0.15) is 0 Å². The van der Waals surface area contributed by atoms with E-state index in [9.17, 15) is 0 Å². The van der Waals surface area contributed by atoms with E-state index < -0.39 is 0 Å². The van der Waals surface area contributed by atoms with Gasteiger partial charge >= 0.3 is 0 Å². The zero-order valence-corrected chi connectivity index (χ0v) is 12.5. The minimum Gasteiger partial charge on any atom is -0.0654 e. The van der Waals surface area contributed by atoms with E-state index in [4.69, 9.17) is 0 Å². The second kappa shape index (κ2) is 8.34. The molecule has 0 N–H and O–H groups in total. The Bertz CT molecular complexity index is 297. The van der Waals surface area contributed by atoms with E-state index >= 15 is 0 Å². The third kappa shape index (κ3) is 5.71. The van der Waals surface area contributed by atoms with Gasteiger partial charge < -0.3 is 0 Å². The van der Waals surface area contributed by atoms with Gasteiger partial charge in [-0.2, -0.15) is 0 Å². The molecule has 0 heterocycles. The van der Waals surface area contributed by atoms with Gasteiger partial charge in [0, 0.05) is 0 Å². The summed E-state index contributed by atoms with van der Waals surface area (Å²) in [5.41, 5.74) is 1.82. The van der Waals surface area contributed by atoms with Crippen LogP contribution in [0.3, 0.4) is 0 Å². The zero-order chi connectivity index (χ0) is 13.3. The van der Waals surface area contributed by atoms with Gasteiger partial charge in [0.2, 0.25) is 0 Å². The predicted molar refractivity (Wildman–Crippen MR) is 82.1 cm³/mol. The first-order valence-electron chi connectivity index (χ1n) is 7.72. The molecular weight excluding hydrogens is 216 g/mol. The standard InChI is InChI=1S/C18H30/c1-4-5-6-7-8-9-13-16-18(2,3)17-14-11-10-12-15-17/h10-12,14-15H,4-9,13,16H2,1-3H3. The largest absolute Gasteiger partial charge is 0.0654 e. The normalized spacial score (nSPS) is 11.7. The van der Waals surface area contributed by atoms with E-state index in [1.807, 2.05) is 0 Å². The summed E-state index contributed by atoms with van der Waals surface area (Å²) in [5, 5.41) is 0. The van der Waals surface area contributed by atoms with Crippen LogP contribution in [0.25, 0.3) is 0 Å². The van der Waals surface area contributed by atoms with Crippen LogP contribution in [0.5, 0.6) is 0 Å². The van der Waals surface area contributed by atoms with Gasteiger partial charge in [-0.25, -0.2) is 0 Å². The first-order chi connectivity index (χ1) is 8.67. The van der Waals surface area contributed by atoms with Crippen LogP contribution in [-0.4, -0.2) is 0 Å². The lowest BCUT2D eigenvalue weighted by Crippen LogP contribution is -2.16. The topological polar surface area (TPSA) is 0 Å². The summed E-state index contributed by atoms with van der Waals surface area (Å²) in [4.78, 5) is 0. The number of hydrogen-bond acceptors (Lipinski definition) is 0. The maximum Gasteiger partial charge on any atom is -0.0104 e. The van der Waals surface area contributed by atoms with E-state index in [2.05, 4.69) is 51.1 Å². The van der Waals surface area contributed by atoms with Crippen molar-refractivity contribution in [3.63, 3.8) is 0 Å². The maximum atomic E-state index is 2.37. The molecule has 0 nitrogen and oxygen atoms in total. The Morgan fingerprint density at radius 2 is 1.33 bits per heavy atom. The molecule has 0 spiro atoms. The van der Waals surface area contributed by atoms with E-state index in [1.165, 1.54) is 56.9 Å². The highest BCUT2D eigenvalue weighted by Gasteiger charge is 2.19. The van der Waals surface area contributed by atoms with E-state index in [0.717, 1.165) is 0 Å². The zero-order valence-electron chi connectivity index (χ0n) is 12.5. The minimum atomic E-state index is 0.338. The maximum absolute atomic E-state index is 2.37. The van der Waals surface area contributed by atoms with E-state index in [1.54, 1.807) is 0 Å². The quantitative estimate of drug-likeness (QED) is 0.461. The molecule has 0 bridgehead atoms. The molecule has 0 fully saturated rings. The van der Waals surface area contributed by atoms with Crippen molar-refractivity contribution in [3.05, 3.63) is 35.9 Å². The summed E-state index contributed by atoms with van der Waals surface area (Å²) in [5.74, 6) is 0. The van der Waals surface area contributed by atoms with Crippen molar-refractivity contribution in [2.24, 2.45) is 0 Å². The SMILES string of the molecule is CCCCCCCCCC(C)(C)c1ccccc1. The molecule has 0 aliphatic rings. The summed E-state index contributed by atoms with van der Waals surface area (Å²) >= 11 is 0. The Morgan fingerprint density at radius 3 is 1.94 bits per heavy atom. The van der Waals surface area contributed by atoms with Gasteiger partial charge in [-0.1, -0.05) is 96.0 Å². The summed E-state index contributed by atoms with van der Waals surface area (Å²) in [6, 6.07) is 10.9. The Labute approximate surface area is 114 Å². The van der Waals surface area contributed by atoms with Crippen molar-refractivity contribution >= 4 is 0 Å². The second-order valence-electron chi connectivity index (χ2n) is 6.12. The minimum absolute atomic E-state index is 0.338. The van der Waals surface area contributed by atoms with Gasteiger partial charge in [-0.3, -0.25) is 0 Å². The molecule has 0 saturated carbocycles. The fourth-order valence-electron chi connectivity index (χ4n) is 2.56. The monoisotopic (exact) mass is 246 g/mol. The molecule has 0 aliphatic carbocycles. The Balaban J connectivity index is 2.18. The number of benzene rings is 1. The van der Waals surface area contributed by atoms with Crippen molar-refractivity contribution in [3.8, 4) is 0 Å². The van der Waals surface area contributed by atoms with E-state index in [0.29, 0.717) is 5.41 Å². The average Bonchev–Trinajstić information content (AvgIpc) is 2.39. The third-order valence-electron chi connectivity index (χ3n) is 3.96. The summed E-state index contributed by atoms with van der Waals surface area (Å²) in [6.07, 6.45) is 11.1. The molecule has 1 rings (SSSR count). The molecule has 0 atom stereocenters. The molecule has 0 saturated heterocycles. The first kappa shape index (κ1) is 15.3. The summed E-state index contributed by atoms with van der Waals surface area (Å²) < 4.78 is 0. The van der Waals surface area contributed by atoms with Crippen LogP contribution in [0, 0.1) is 0 Å². The third-order valence-corrected chi connectivity index (χ3v) is 3.96. The molecule has 0 amide bonds. The van der Waals surface area contributed by atoms with Gasteiger partial charge in [-0.15, -0.1) is 0 Å². The lowest BCUT2D eigenvalue weighted by atomic mass is 9.80. The molecule has 0 unspecified atom stereocenters. The highest BCUT2D eigenvalue weighted by atomic mass is 14.2. The first-order valence-corrected chi connectivity index (χ1v) is 7.72. The van der Waals surface area contributed by atoms with Crippen molar-refractivity contribution < 1.29 is 0 Å². The lowest BCUT2D eigenvalue weighted by Gasteiger charge is -2.25. The van der Waals surface area contributed by atoms with Crippen LogP contribution >= 0.6 is 0 Å². The average molecular weight is 246 g/mol. The smallest absolute Gasteiger partial charge is 0.0104 e. The Kier molecular flexibility index (Phi) is 7.08. The van der Waals surface area contributed by atoms with Crippen molar-refractivity contribution in [1.82, 2.24) is 0 Å². The van der Waals surface area contributed by atoms with Crippen LogP contribution in [0.1, 0.15) is 77.7 Å². The predicted octanol–water partition coefficient (Wildman–Crippen LogP) is 6.10. The van der Waals surface area contributed by atoms with Crippen molar-refractivity contribution in [2.45, 2.75) is 77.6 Å². The molecule has 18 heavy (non-hydrogen) atoms. The van der Waals surface area contributed by atoms with Gasteiger partial charge in [0.15, 0.2) is 0 Å². The van der Waals surface area contributed by atoms with Gasteiger partial charge in [-0.05, 0) is 17.4 Å². The molecule has 0 aliphatic heterocycles. The number of unbranched alkanes of at least 4 members (excludes halogenated alkanes) is 6. The Morgan fingerprint density at radius 1 is 0.778 bits per heavy atom. The summed E-state index contributed by atoms with van der Waals surface area (Å²) in [6.45, 7) is 7.03. The highest BCUT2D eigenvalue weighted by Crippen LogP contribution is 2.29. The van der Waals surface area contributed by atoms with Gasteiger partial charge in [0.05, 0.1) is 0 Å². The Hall–Kier alpha value is -0.780. The molecule has 0 heteroatoms. The van der Waals surface area contributed by atoms with Crippen molar-refractivity contribution in [2.75, 3.05) is 0 Å². The lowest BCUT2D eigenvalue weighted by molar-refractivity contribution is 0.442. The number of rotatable bonds is 9. The van der Waals surface area contributed by atoms with Crippen LogP contribution in [-0.2, 0) is 5.41 Å². The summed E-state index contributed by atoms with van der Waals surface area (Å²) in [7, 11) is 0. The highest BCUT2D eigenvalue weighted by molar-refractivity contribution is 5.23. The van der Waals surface area contributed by atoms with Gasteiger partial charge in [0.25, 0.3) is 0 Å². The van der Waals surface area contributed by atoms with Crippen LogP contribution in [0.4, 0.5) is 0 Å². The fourth-order valence-corrected chi connectivity index (χ4v) is 2.56. The molecule has 1 aromatic rings. The van der Waals surface area contributed by atoms with Crippen LogP contribution in [0.15, 0.2) is 30.3 Å². The molecule has 0 aromatic heterocycles. The molecule has 102 valence electrons.